The van der Waals surface area contributed by atoms with Gasteiger partial charge < -0.3 is 34.9 Å². The van der Waals surface area contributed by atoms with Crippen LogP contribution in [0.15, 0.2) is 285 Å². The van der Waals surface area contributed by atoms with E-state index in [1.165, 1.54) is 13.2 Å². The lowest BCUT2D eigenvalue weighted by Gasteiger charge is -2.45. The summed E-state index contributed by atoms with van der Waals surface area (Å²) in [5, 5.41) is 19.3. The van der Waals surface area contributed by atoms with Gasteiger partial charge in [-0.25, -0.2) is 9.59 Å². The topological polar surface area (TPSA) is 194 Å². The van der Waals surface area contributed by atoms with Gasteiger partial charge in [-0.1, -0.05) is 279 Å². The van der Waals surface area contributed by atoms with Gasteiger partial charge in [0.2, 0.25) is 17.7 Å². The van der Waals surface area contributed by atoms with E-state index in [0.717, 1.165) is 55.6 Å². The zero-order valence-electron chi connectivity index (χ0n) is 49.9. The molecular weight excluding hydrogens is 1140 g/mol. The number of hydrogen-bond donors (Lipinski definition) is 6. The van der Waals surface area contributed by atoms with E-state index < -0.39 is 47.1 Å². The highest BCUT2D eigenvalue weighted by Gasteiger charge is 2.50. The van der Waals surface area contributed by atoms with Crippen molar-refractivity contribution in [3.63, 3.8) is 0 Å². The second kappa shape index (κ2) is 29.2. The van der Waals surface area contributed by atoms with Crippen molar-refractivity contribution in [3.8, 4) is 11.8 Å². The summed E-state index contributed by atoms with van der Waals surface area (Å²) in [5.74, 6) is 3.66. The summed E-state index contributed by atoms with van der Waals surface area (Å²) in [5.41, 5.74) is 7.96. The molecule has 91 heavy (non-hydrogen) atoms. The molecule has 3 saturated heterocycles. The maximum atomic E-state index is 12.7. The molecule has 4 aliphatic rings. The van der Waals surface area contributed by atoms with Gasteiger partial charge in [0.15, 0.2) is 12.5 Å². The maximum absolute atomic E-state index is 12.7. The maximum Gasteiger partial charge on any atom is 0.384 e. The number of methoxy groups -OCH3 is 1. The molecule has 9 aromatic carbocycles. The Bertz CT molecular complexity index is 3700. The Morgan fingerprint density at radius 2 is 0.758 bits per heavy atom. The summed E-state index contributed by atoms with van der Waals surface area (Å²) in [4.78, 5) is 59.9. The van der Waals surface area contributed by atoms with Crippen LogP contribution in [0.3, 0.4) is 0 Å². The Balaban J connectivity index is 0.000000142. The SMILES string of the molecule is COC(=O)C#CCO[C@H]1NC(=O)[C@H]1NC(c1ccccc1)(c1ccccc1)c1ccccc1.O=C1C=C(CO[C@H]2NC(=O)[C@H]2NC(c2ccccc2)(c2ccccc2)c2ccccc2)CO1.O=C1NC[C@@H]1NC(c1ccccc1)(c1ccccc1)c1ccccc1. The molecule has 3 amide bonds. The van der Waals surface area contributed by atoms with E-state index >= 15 is 0 Å². The molecule has 0 saturated carbocycles. The number of carbonyl (C=O) groups excluding carboxylic acids is 5. The molecule has 0 unspecified atom stereocenters. The summed E-state index contributed by atoms with van der Waals surface area (Å²) in [7, 11) is 1.26. The highest BCUT2D eigenvalue weighted by Crippen LogP contribution is 2.41. The number of β-lactam (4-membered cyclic amide) rings is 3. The van der Waals surface area contributed by atoms with Crippen molar-refractivity contribution >= 4 is 29.7 Å². The Morgan fingerprint density at radius 3 is 1.01 bits per heavy atom. The first kappa shape index (κ1) is 62.1. The molecule has 4 heterocycles. The van der Waals surface area contributed by atoms with Crippen molar-refractivity contribution in [3.05, 3.63) is 335 Å². The van der Waals surface area contributed by atoms with Gasteiger partial charge in [0, 0.05) is 18.5 Å². The highest BCUT2D eigenvalue weighted by atomic mass is 16.5. The zero-order valence-corrected chi connectivity index (χ0v) is 49.9. The largest absolute Gasteiger partial charge is 0.459 e. The van der Waals surface area contributed by atoms with Gasteiger partial charge in [0.1, 0.15) is 31.3 Å². The van der Waals surface area contributed by atoms with E-state index in [-0.39, 0.29) is 49.6 Å². The van der Waals surface area contributed by atoms with Crippen LogP contribution in [0.25, 0.3) is 0 Å². The van der Waals surface area contributed by atoms with Crippen molar-refractivity contribution in [2.75, 3.05) is 33.5 Å². The second-order valence-corrected chi connectivity index (χ2v) is 21.9. The van der Waals surface area contributed by atoms with E-state index in [1.54, 1.807) is 0 Å². The van der Waals surface area contributed by atoms with Gasteiger partial charge in [0.05, 0.1) is 30.3 Å². The summed E-state index contributed by atoms with van der Waals surface area (Å²) in [6, 6.07) is 89.8. The molecule has 13 rings (SSSR count). The summed E-state index contributed by atoms with van der Waals surface area (Å²) < 4.78 is 21.1. The van der Waals surface area contributed by atoms with Crippen LogP contribution in [0.4, 0.5) is 0 Å². The molecule has 0 bridgehead atoms. The van der Waals surface area contributed by atoms with Crippen LogP contribution in [0.2, 0.25) is 0 Å². The molecule has 9 aromatic rings. The number of esters is 2. The first-order valence-electron chi connectivity index (χ1n) is 30.0. The molecule has 5 atom stereocenters. The van der Waals surface area contributed by atoms with Crippen LogP contribution in [-0.2, 0) is 59.5 Å². The van der Waals surface area contributed by atoms with Crippen LogP contribution in [0, 0.1) is 11.8 Å². The Labute approximate surface area is 529 Å². The normalized spacial score (nSPS) is 18.1. The number of cyclic esters (lactones) is 1. The third kappa shape index (κ3) is 13.7. The van der Waals surface area contributed by atoms with E-state index in [0.29, 0.717) is 6.54 Å². The molecule has 15 heteroatoms. The zero-order chi connectivity index (χ0) is 62.9. The standard InChI is InChI=1S/2C27H24N2O4.C22H20N2O/c30-23-16-19(17-32-23)18-33-26-24(25(31)28-26)29-27(20-10-4-1-5-11-20,21-12-6-2-7-13-21)22-14-8-3-9-15-22;1-32-23(30)18-11-19-33-26-24(25(31)28-26)29-27(20-12-5-2-6-13-20,21-14-7-3-8-15-21)22-16-9-4-10-17-22;25-21-20(16-23-21)24-22(17-10-4-1-5-11-17,18-12-6-2-7-13-18)19-14-8-3-9-15-19/h1-16,24,26,29H,17-18H2,(H,28,31);2-10,12-17,24,26,29H,19H2,1H3,(H,28,31);1-15,20,24H,16H2,(H,23,25)/t2*24-,26-;20-/m110/s1. The van der Waals surface area contributed by atoms with Crippen molar-refractivity contribution in [2.24, 2.45) is 0 Å². The monoisotopic (exact) mass is 1210 g/mol. The summed E-state index contributed by atoms with van der Waals surface area (Å²) in [6.45, 7) is 1.06. The first-order chi connectivity index (χ1) is 44.6. The molecule has 4 aliphatic heterocycles. The van der Waals surface area contributed by atoms with Crippen LogP contribution in [0.5, 0.6) is 0 Å². The quantitative estimate of drug-likeness (QED) is 0.0140. The van der Waals surface area contributed by atoms with Gasteiger partial charge in [-0.05, 0) is 55.6 Å². The van der Waals surface area contributed by atoms with Gasteiger partial charge >= 0.3 is 11.9 Å². The van der Waals surface area contributed by atoms with Gasteiger partial charge in [-0.2, -0.15) is 0 Å². The second-order valence-electron chi connectivity index (χ2n) is 21.9. The number of ether oxygens (including phenoxy) is 4. The van der Waals surface area contributed by atoms with Crippen molar-refractivity contribution in [1.82, 2.24) is 31.9 Å². The Kier molecular flexibility index (Phi) is 19.9. The average molecular weight is 1210 g/mol. The number of rotatable bonds is 20. The predicted molar refractivity (Wildman–Crippen MR) is 346 cm³/mol. The molecule has 0 spiro atoms. The van der Waals surface area contributed by atoms with E-state index in [9.17, 15) is 24.0 Å². The highest BCUT2D eigenvalue weighted by molar-refractivity contribution is 5.90. The predicted octanol–water partition coefficient (Wildman–Crippen LogP) is 8.54. The van der Waals surface area contributed by atoms with E-state index in [1.807, 2.05) is 200 Å². The third-order valence-electron chi connectivity index (χ3n) is 16.4. The van der Waals surface area contributed by atoms with Crippen LogP contribution < -0.4 is 31.9 Å². The van der Waals surface area contributed by atoms with Gasteiger partial charge in [-0.15, -0.1) is 0 Å². The number of benzene rings is 9. The molecule has 0 aromatic heterocycles. The Morgan fingerprint density at radius 1 is 0.451 bits per heavy atom. The van der Waals surface area contributed by atoms with Crippen LogP contribution >= 0.6 is 0 Å². The Hall–Kier alpha value is -10.6. The van der Waals surface area contributed by atoms with E-state index in [2.05, 4.69) is 121 Å². The molecule has 6 N–H and O–H groups in total. The molecule has 456 valence electrons. The minimum atomic E-state index is -0.800. The third-order valence-corrected chi connectivity index (χ3v) is 16.4. The minimum Gasteiger partial charge on any atom is -0.459 e. The van der Waals surface area contributed by atoms with Crippen molar-refractivity contribution in [2.45, 2.75) is 47.2 Å². The first-order valence-corrected chi connectivity index (χ1v) is 30.0. The summed E-state index contributed by atoms with van der Waals surface area (Å²) in [6.07, 6.45) is 0.301. The molecule has 3 fully saturated rings. The van der Waals surface area contributed by atoms with E-state index in [4.69, 9.17) is 14.2 Å². The molecular formula is C76H68N6O9. The lowest BCUT2D eigenvalue weighted by molar-refractivity contribution is -0.147. The lowest BCUT2D eigenvalue weighted by Crippen LogP contribution is -2.72. The summed E-state index contributed by atoms with van der Waals surface area (Å²) >= 11 is 0. The average Bonchev–Trinajstić information content (AvgIpc) is 0.802. The molecule has 15 nitrogen and oxygen atoms in total. The lowest BCUT2D eigenvalue weighted by atomic mass is 9.76. The van der Waals surface area contributed by atoms with Gasteiger partial charge in [-0.3, -0.25) is 30.3 Å². The fourth-order valence-electron chi connectivity index (χ4n) is 11.8. The fraction of sp³-hybridized carbons (Fsp3) is 0.171. The van der Waals surface area contributed by atoms with Gasteiger partial charge in [0.25, 0.3) is 0 Å². The van der Waals surface area contributed by atoms with Crippen molar-refractivity contribution in [1.29, 1.82) is 0 Å². The van der Waals surface area contributed by atoms with Crippen molar-refractivity contribution < 1.29 is 42.9 Å². The van der Waals surface area contributed by atoms with Crippen LogP contribution in [0.1, 0.15) is 50.1 Å². The smallest absolute Gasteiger partial charge is 0.384 e. The number of nitrogens with one attached hydrogen (secondary N) is 6. The minimum absolute atomic E-state index is 0.0206. The molecule has 0 radical (unpaired) electrons. The number of carbonyl (C=O) groups is 5. The fourth-order valence-corrected chi connectivity index (χ4v) is 11.8. The number of hydrogen-bond acceptors (Lipinski definition) is 12. The van der Waals surface area contributed by atoms with Crippen LogP contribution in [-0.4, -0.2) is 93.7 Å². The molecule has 0 aliphatic carbocycles. The number of amides is 3.